The molecule has 0 heterocycles. The number of benzene rings is 1. The Morgan fingerprint density at radius 2 is 1.86 bits per heavy atom. The zero-order valence-electron chi connectivity index (χ0n) is 12.5. The van der Waals surface area contributed by atoms with Gasteiger partial charge in [-0.2, -0.15) is 0 Å². The van der Waals surface area contributed by atoms with Gasteiger partial charge in [0.05, 0.1) is 19.9 Å². The van der Waals surface area contributed by atoms with Gasteiger partial charge >= 0.3 is 0 Å². The quantitative estimate of drug-likeness (QED) is 0.926. The number of fused-ring (bicyclic) bond motifs is 5. The summed E-state index contributed by atoms with van der Waals surface area (Å²) in [5.74, 6) is 4.74. The van der Waals surface area contributed by atoms with Crippen LogP contribution in [0.4, 0.5) is 5.69 Å². The summed E-state index contributed by atoms with van der Waals surface area (Å²) >= 11 is 0. The Balaban J connectivity index is 1.48. The predicted octanol–water partition coefficient (Wildman–Crippen LogP) is 2.93. The highest BCUT2D eigenvalue weighted by atomic mass is 16.5. The number of rotatable bonds is 4. The highest BCUT2D eigenvalue weighted by molar-refractivity contribution is 5.96. The zero-order valence-corrected chi connectivity index (χ0v) is 12.5. The van der Waals surface area contributed by atoms with Crippen LogP contribution in [-0.2, 0) is 4.79 Å². The fraction of sp³-hybridized carbons (Fsp3) is 0.588. The maximum Gasteiger partial charge on any atom is 0.228 e. The number of carbonyl (C=O) groups excluding carboxylic acids is 1. The molecule has 0 aliphatic heterocycles. The third-order valence-corrected chi connectivity index (χ3v) is 5.70. The van der Waals surface area contributed by atoms with E-state index in [1.165, 1.54) is 19.3 Å². The lowest BCUT2D eigenvalue weighted by atomic mass is 10.0. The summed E-state index contributed by atoms with van der Waals surface area (Å²) in [6.07, 6.45) is 4.04. The minimum Gasteiger partial charge on any atom is -0.497 e. The highest BCUT2D eigenvalue weighted by Gasteiger charge is 2.67. The van der Waals surface area contributed by atoms with Gasteiger partial charge in [0.2, 0.25) is 5.91 Å². The van der Waals surface area contributed by atoms with Crippen molar-refractivity contribution in [3.63, 3.8) is 0 Å². The molecule has 0 spiro atoms. The number of ether oxygens (including phenoxy) is 2. The summed E-state index contributed by atoms with van der Waals surface area (Å²) in [5.41, 5.74) is 0.737. The van der Waals surface area contributed by atoms with E-state index in [0.717, 1.165) is 23.3 Å². The van der Waals surface area contributed by atoms with E-state index < -0.39 is 0 Å². The second-order valence-electron chi connectivity index (χ2n) is 6.57. The Hall–Kier alpha value is -1.71. The van der Waals surface area contributed by atoms with Crippen molar-refractivity contribution in [3.05, 3.63) is 18.2 Å². The molecule has 3 aliphatic carbocycles. The molecule has 0 aromatic heterocycles. The van der Waals surface area contributed by atoms with Crippen LogP contribution < -0.4 is 14.8 Å². The first-order chi connectivity index (χ1) is 10.2. The van der Waals surface area contributed by atoms with Crippen molar-refractivity contribution in [1.29, 1.82) is 0 Å². The van der Waals surface area contributed by atoms with Crippen molar-refractivity contribution >= 4 is 11.6 Å². The lowest BCUT2D eigenvalue weighted by molar-refractivity contribution is -0.118. The van der Waals surface area contributed by atoms with Crippen LogP contribution in [0.3, 0.4) is 0 Å². The van der Waals surface area contributed by atoms with E-state index in [4.69, 9.17) is 9.47 Å². The normalized spacial score (nSPS) is 35.2. The van der Waals surface area contributed by atoms with Crippen molar-refractivity contribution in [2.24, 2.45) is 29.6 Å². The van der Waals surface area contributed by atoms with Crippen LogP contribution in [0.15, 0.2) is 18.2 Å². The summed E-state index contributed by atoms with van der Waals surface area (Å²) in [7, 11) is 3.23. The molecule has 1 aromatic carbocycles. The largest absolute Gasteiger partial charge is 0.497 e. The number of methoxy groups -OCH3 is 2. The van der Waals surface area contributed by atoms with Gasteiger partial charge in [0.1, 0.15) is 11.5 Å². The van der Waals surface area contributed by atoms with Crippen LogP contribution in [0.25, 0.3) is 0 Å². The minimum absolute atomic E-state index is 0.171. The van der Waals surface area contributed by atoms with Crippen LogP contribution in [-0.4, -0.2) is 20.1 Å². The highest BCUT2D eigenvalue weighted by Crippen LogP contribution is 2.69. The summed E-state index contributed by atoms with van der Waals surface area (Å²) < 4.78 is 10.5. The topological polar surface area (TPSA) is 47.6 Å². The molecule has 4 rings (SSSR count). The molecule has 3 saturated carbocycles. The van der Waals surface area contributed by atoms with Gasteiger partial charge in [-0.1, -0.05) is 0 Å². The molecule has 112 valence electrons. The van der Waals surface area contributed by atoms with Crippen LogP contribution in [0.1, 0.15) is 19.3 Å². The first-order valence-electron chi connectivity index (χ1n) is 7.76. The number of amides is 1. The maximum absolute atomic E-state index is 12.5. The van der Waals surface area contributed by atoms with E-state index in [1.54, 1.807) is 20.3 Å². The first kappa shape index (κ1) is 13.0. The van der Waals surface area contributed by atoms with Crippen molar-refractivity contribution in [3.8, 4) is 11.5 Å². The monoisotopic (exact) mass is 287 g/mol. The van der Waals surface area contributed by atoms with Crippen molar-refractivity contribution in [2.75, 3.05) is 19.5 Å². The fourth-order valence-corrected chi connectivity index (χ4v) is 4.79. The molecule has 3 aliphatic rings. The molecule has 2 bridgehead atoms. The molecule has 4 nitrogen and oxygen atoms in total. The van der Waals surface area contributed by atoms with Crippen molar-refractivity contribution in [2.45, 2.75) is 19.3 Å². The molecule has 0 saturated heterocycles. The number of hydrogen-bond donors (Lipinski definition) is 1. The summed E-state index contributed by atoms with van der Waals surface area (Å²) in [6.45, 7) is 0. The number of hydrogen-bond acceptors (Lipinski definition) is 3. The van der Waals surface area contributed by atoms with Gasteiger partial charge in [-0.05, 0) is 55.1 Å². The van der Waals surface area contributed by atoms with Gasteiger partial charge in [-0.3, -0.25) is 4.79 Å². The molecule has 0 radical (unpaired) electrons. The molecule has 21 heavy (non-hydrogen) atoms. The maximum atomic E-state index is 12.5. The third kappa shape index (κ3) is 1.92. The Kier molecular flexibility index (Phi) is 2.88. The molecular formula is C17H21NO3. The number of anilines is 1. The van der Waals surface area contributed by atoms with Crippen LogP contribution >= 0.6 is 0 Å². The van der Waals surface area contributed by atoms with Gasteiger partial charge in [-0.15, -0.1) is 0 Å². The van der Waals surface area contributed by atoms with E-state index in [2.05, 4.69) is 5.32 Å². The summed E-state index contributed by atoms with van der Waals surface area (Å²) in [5, 5.41) is 3.05. The minimum atomic E-state index is 0.171. The summed E-state index contributed by atoms with van der Waals surface area (Å²) in [6, 6.07) is 5.49. The Labute approximate surface area is 124 Å². The van der Waals surface area contributed by atoms with E-state index in [-0.39, 0.29) is 11.8 Å². The molecule has 1 amide bonds. The Morgan fingerprint density at radius 3 is 2.48 bits per heavy atom. The van der Waals surface area contributed by atoms with Crippen molar-refractivity contribution in [1.82, 2.24) is 0 Å². The molecule has 1 N–H and O–H groups in total. The van der Waals surface area contributed by atoms with Gasteiger partial charge in [0, 0.05) is 12.0 Å². The second kappa shape index (κ2) is 4.65. The average molecular weight is 287 g/mol. The lowest BCUT2D eigenvalue weighted by Gasteiger charge is -2.13. The Morgan fingerprint density at radius 1 is 1.14 bits per heavy atom. The van der Waals surface area contributed by atoms with Gasteiger partial charge in [0.15, 0.2) is 0 Å². The number of nitrogens with one attached hydrogen (secondary N) is 1. The molecule has 1 aromatic rings. The predicted molar refractivity (Wildman–Crippen MR) is 79.5 cm³/mol. The van der Waals surface area contributed by atoms with E-state index in [9.17, 15) is 4.79 Å². The van der Waals surface area contributed by atoms with Crippen molar-refractivity contribution < 1.29 is 14.3 Å². The Bertz CT molecular complexity index is 569. The van der Waals surface area contributed by atoms with Crippen LogP contribution in [0, 0.1) is 29.6 Å². The van der Waals surface area contributed by atoms with Gasteiger partial charge in [-0.25, -0.2) is 0 Å². The van der Waals surface area contributed by atoms with Gasteiger partial charge in [0.25, 0.3) is 0 Å². The smallest absolute Gasteiger partial charge is 0.228 e. The third-order valence-electron chi connectivity index (χ3n) is 5.70. The van der Waals surface area contributed by atoms with Gasteiger partial charge < -0.3 is 14.8 Å². The van der Waals surface area contributed by atoms with E-state index in [0.29, 0.717) is 17.6 Å². The number of carbonyl (C=O) groups is 1. The first-order valence-corrected chi connectivity index (χ1v) is 7.76. The standard InChI is InChI=1S/C17H21NO3/c1-20-11-5-6-12(13(8-11)21-2)18-17(19)16-14-9-3-4-10(7-9)15(14)16/h5-6,8-10,14-16H,3-4,7H2,1-2H3,(H,18,19)/t9-,10-,14-,15-/m0/s1. The molecule has 3 fully saturated rings. The molecule has 4 atom stereocenters. The lowest BCUT2D eigenvalue weighted by Crippen LogP contribution is -2.19. The molecular weight excluding hydrogens is 266 g/mol. The summed E-state index contributed by atoms with van der Waals surface area (Å²) in [4.78, 5) is 12.5. The van der Waals surface area contributed by atoms with Crippen LogP contribution in [0.5, 0.6) is 11.5 Å². The molecule has 4 heteroatoms. The molecule has 0 unspecified atom stereocenters. The SMILES string of the molecule is COc1ccc(NC(=O)C2[C@H]3[C@H]4CC[C@@H](C4)[C@H]23)c(OC)c1. The van der Waals surface area contributed by atoms with Crippen LogP contribution in [0.2, 0.25) is 0 Å². The van der Waals surface area contributed by atoms with E-state index >= 15 is 0 Å². The zero-order chi connectivity index (χ0) is 14.6. The van der Waals surface area contributed by atoms with E-state index in [1.807, 2.05) is 12.1 Å². The second-order valence-corrected chi connectivity index (χ2v) is 6.57. The fourth-order valence-electron chi connectivity index (χ4n) is 4.79. The average Bonchev–Trinajstić information content (AvgIpc) is 2.96.